The number of esters is 2. The topological polar surface area (TPSA) is 124 Å². The monoisotopic (exact) mass is 344 g/mol. The number of nitriles is 1. The summed E-state index contributed by atoms with van der Waals surface area (Å²) in [6.07, 6.45) is 2.50. The first-order valence-corrected chi connectivity index (χ1v) is 7.82. The van der Waals surface area contributed by atoms with Gasteiger partial charge in [-0.25, -0.2) is 14.5 Å². The summed E-state index contributed by atoms with van der Waals surface area (Å²) in [5.41, 5.74) is -3.11. The molecule has 1 aromatic heterocycles. The molecule has 0 unspecified atom stereocenters. The van der Waals surface area contributed by atoms with Crippen LogP contribution in [0.1, 0.15) is 26.3 Å². The van der Waals surface area contributed by atoms with Crippen LogP contribution in [0.5, 0.6) is 0 Å². The van der Waals surface area contributed by atoms with E-state index in [4.69, 9.17) is 9.47 Å². The lowest BCUT2D eigenvalue weighted by molar-refractivity contribution is -0.155. The Morgan fingerprint density at radius 2 is 2.00 bits per heavy atom. The number of nitrogens with zero attached hydrogens (tertiary/aromatic N) is 4. The number of hydrogen-bond acceptors (Lipinski definition) is 8. The van der Waals surface area contributed by atoms with Gasteiger partial charge in [-0.1, -0.05) is 0 Å². The molecular formula is C16H16N4O5. The third kappa shape index (κ3) is 1.79. The maximum Gasteiger partial charge on any atom is 0.336 e. The number of aromatic nitrogens is 2. The van der Waals surface area contributed by atoms with Crippen molar-refractivity contribution in [3.8, 4) is 6.07 Å². The summed E-state index contributed by atoms with van der Waals surface area (Å²) in [6, 6.07) is 1.92. The van der Waals surface area contributed by atoms with Gasteiger partial charge in [0, 0.05) is 6.21 Å². The number of Topliss-reactive ketones (excluding diaryl/α,β-unsaturated/α-hetero) is 1. The van der Waals surface area contributed by atoms with Gasteiger partial charge < -0.3 is 9.47 Å². The molecule has 1 fully saturated rings. The van der Waals surface area contributed by atoms with Gasteiger partial charge in [-0.05, 0) is 20.8 Å². The van der Waals surface area contributed by atoms with E-state index in [2.05, 4.69) is 10.1 Å². The SMILES string of the molecule is CCOC(=O)[C@@H]1[C@@]2(C(C)=O)C=Nc3c(C#N)cnn3[C@]12C(=O)OCC. The van der Waals surface area contributed by atoms with E-state index in [9.17, 15) is 19.6 Å². The largest absolute Gasteiger partial charge is 0.466 e. The molecule has 0 aromatic carbocycles. The van der Waals surface area contributed by atoms with E-state index in [1.54, 1.807) is 13.8 Å². The van der Waals surface area contributed by atoms with Crippen molar-refractivity contribution in [1.29, 1.82) is 5.26 Å². The number of aliphatic imine (C=N–C) groups is 1. The van der Waals surface area contributed by atoms with Crippen LogP contribution < -0.4 is 0 Å². The summed E-state index contributed by atoms with van der Waals surface area (Å²) in [7, 11) is 0. The summed E-state index contributed by atoms with van der Waals surface area (Å²) < 4.78 is 11.4. The van der Waals surface area contributed by atoms with Gasteiger partial charge in [0.05, 0.1) is 19.4 Å². The van der Waals surface area contributed by atoms with E-state index >= 15 is 0 Å². The van der Waals surface area contributed by atoms with E-state index in [-0.39, 0.29) is 24.6 Å². The second-order valence-electron chi connectivity index (χ2n) is 5.76. The van der Waals surface area contributed by atoms with Crippen molar-refractivity contribution >= 4 is 29.8 Å². The molecule has 0 N–H and O–H groups in total. The molecule has 0 radical (unpaired) electrons. The van der Waals surface area contributed by atoms with Crippen molar-refractivity contribution in [2.45, 2.75) is 26.3 Å². The van der Waals surface area contributed by atoms with Crippen molar-refractivity contribution in [2.75, 3.05) is 13.2 Å². The highest BCUT2D eigenvalue weighted by atomic mass is 16.5. The third-order valence-electron chi connectivity index (χ3n) is 4.70. The molecule has 3 atom stereocenters. The summed E-state index contributed by atoms with van der Waals surface area (Å²) in [4.78, 5) is 42.0. The fraction of sp³-hybridized carbons (Fsp3) is 0.500. The van der Waals surface area contributed by atoms with Crippen LogP contribution >= 0.6 is 0 Å². The van der Waals surface area contributed by atoms with Gasteiger partial charge in [0.25, 0.3) is 0 Å². The number of fused-ring (bicyclic) bond motifs is 3. The Kier molecular flexibility index (Phi) is 3.71. The Labute approximate surface area is 143 Å². The van der Waals surface area contributed by atoms with Crippen LogP contribution in [0.2, 0.25) is 0 Å². The lowest BCUT2D eigenvalue weighted by Crippen LogP contribution is -2.42. The second kappa shape index (κ2) is 5.51. The normalized spacial score (nSPS) is 28.3. The van der Waals surface area contributed by atoms with Crippen molar-refractivity contribution in [3.63, 3.8) is 0 Å². The Morgan fingerprint density at radius 3 is 2.56 bits per heavy atom. The highest BCUT2D eigenvalue weighted by Gasteiger charge is 2.90. The van der Waals surface area contributed by atoms with Gasteiger partial charge in [-0.3, -0.25) is 9.59 Å². The fourth-order valence-electron chi connectivity index (χ4n) is 3.68. The molecule has 0 spiro atoms. The van der Waals surface area contributed by atoms with Gasteiger partial charge in [0.2, 0.25) is 0 Å². The molecule has 9 heteroatoms. The Hall–Kier alpha value is -3.02. The third-order valence-corrected chi connectivity index (χ3v) is 4.70. The molecule has 0 bridgehead atoms. The molecule has 9 nitrogen and oxygen atoms in total. The first-order chi connectivity index (χ1) is 11.9. The second-order valence-corrected chi connectivity index (χ2v) is 5.76. The summed E-state index contributed by atoms with van der Waals surface area (Å²) in [6.45, 7) is 4.67. The first-order valence-electron chi connectivity index (χ1n) is 7.82. The van der Waals surface area contributed by atoms with Crippen molar-refractivity contribution < 1.29 is 23.9 Å². The maximum absolute atomic E-state index is 12.9. The van der Waals surface area contributed by atoms with E-state index in [0.717, 1.165) is 4.68 Å². The van der Waals surface area contributed by atoms with Gasteiger partial charge in [-0.2, -0.15) is 10.4 Å². The number of carbonyl (C=O) groups excluding carboxylic acids is 3. The molecule has 3 rings (SSSR count). The molecule has 0 saturated heterocycles. The van der Waals surface area contributed by atoms with Gasteiger partial charge in [-0.15, -0.1) is 0 Å². The zero-order valence-electron chi connectivity index (χ0n) is 14.0. The van der Waals surface area contributed by atoms with Crippen LogP contribution in [0.3, 0.4) is 0 Å². The number of hydrogen-bond donors (Lipinski definition) is 0. The van der Waals surface area contributed by atoms with E-state index in [1.165, 1.54) is 19.3 Å². The molecule has 130 valence electrons. The average molecular weight is 344 g/mol. The van der Waals surface area contributed by atoms with Crippen LogP contribution in [0.25, 0.3) is 0 Å². The Balaban J connectivity index is 2.27. The minimum atomic E-state index is -1.72. The average Bonchev–Trinajstić information content (AvgIpc) is 3.04. The zero-order valence-corrected chi connectivity index (χ0v) is 14.0. The van der Waals surface area contributed by atoms with Crippen molar-refractivity contribution in [1.82, 2.24) is 9.78 Å². The minimum Gasteiger partial charge on any atom is -0.466 e. The van der Waals surface area contributed by atoms with E-state index in [0.29, 0.717) is 0 Å². The highest BCUT2D eigenvalue weighted by molar-refractivity contribution is 6.18. The van der Waals surface area contributed by atoms with Crippen molar-refractivity contribution in [3.05, 3.63) is 11.8 Å². The molecule has 0 amide bonds. The first kappa shape index (κ1) is 16.8. The molecule has 2 heterocycles. The number of rotatable bonds is 5. The van der Waals surface area contributed by atoms with Crippen LogP contribution in [0.4, 0.5) is 5.82 Å². The van der Waals surface area contributed by atoms with Gasteiger partial charge >= 0.3 is 11.9 Å². The Bertz CT molecular complexity index is 851. The number of ketones is 1. The van der Waals surface area contributed by atoms with Crippen molar-refractivity contribution in [2.24, 2.45) is 16.3 Å². The minimum absolute atomic E-state index is 0.0585. The molecule has 1 aliphatic heterocycles. The molecule has 1 aliphatic carbocycles. The van der Waals surface area contributed by atoms with E-state index < -0.39 is 34.6 Å². The van der Waals surface area contributed by atoms with Crippen LogP contribution in [-0.4, -0.2) is 46.9 Å². The lowest BCUT2D eigenvalue weighted by atomic mass is 9.94. The molecule has 2 aliphatic rings. The smallest absolute Gasteiger partial charge is 0.336 e. The quantitative estimate of drug-likeness (QED) is 0.712. The summed E-state index contributed by atoms with van der Waals surface area (Å²) >= 11 is 0. The molecule has 1 aromatic rings. The van der Waals surface area contributed by atoms with Crippen LogP contribution in [-0.2, 0) is 29.4 Å². The van der Waals surface area contributed by atoms with Crippen LogP contribution in [0.15, 0.2) is 11.2 Å². The lowest BCUT2D eigenvalue weighted by Gasteiger charge is -2.24. The van der Waals surface area contributed by atoms with E-state index in [1.807, 2.05) is 6.07 Å². The highest BCUT2D eigenvalue weighted by Crippen LogP contribution is 2.70. The summed E-state index contributed by atoms with van der Waals surface area (Å²) in [5, 5.41) is 13.3. The predicted molar refractivity (Wildman–Crippen MR) is 82.9 cm³/mol. The molecule has 25 heavy (non-hydrogen) atoms. The maximum atomic E-state index is 12.9. The van der Waals surface area contributed by atoms with Crippen LogP contribution in [0, 0.1) is 22.7 Å². The predicted octanol–water partition coefficient (Wildman–Crippen LogP) is 0.497. The standard InChI is InChI=1S/C16H16N4O5/c1-4-24-13(22)11-15(9(3)21)8-18-12-10(6-17)7-19-20(12)16(11,15)14(23)25-5-2/h7-8,11H,4-5H2,1-3H3/t11-,15+,16+/m1/s1. The van der Waals surface area contributed by atoms with Gasteiger partial charge in [0.15, 0.2) is 11.4 Å². The number of carbonyl (C=O) groups is 3. The zero-order chi connectivity index (χ0) is 18.4. The molecular weight excluding hydrogens is 328 g/mol. The molecule has 1 saturated carbocycles. The number of ether oxygens (including phenoxy) is 2. The fourth-order valence-corrected chi connectivity index (χ4v) is 3.68. The summed E-state index contributed by atoms with van der Waals surface area (Å²) in [5.74, 6) is -2.95. The Morgan fingerprint density at radius 1 is 1.32 bits per heavy atom. The van der Waals surface area contributed by atoms with Gasteiger partial charge in [0.1, 0.15) is 28.7 Å².